The van der Waals surface area contributed by atoms with Gasteiger partial charge in [-0.05, 0) is 90.8 Å². The second kappa shape index (κ2) is 12.3. The molecule has 0 unspecified atom stereocenters. The third-order valence-electron chi connectivity index (χ3n) is 8.93. The van der Waals surface area contributed by atoms with Crippen LogP contribution in [0.15, 0.2) is 66.7 Å². The van der Waals surface area contributed by atoms with E-state index in [0.29, 0.717) is 12.5 Å². The maximum atomic E-state index is 13.3. The molecule has 1 saturated carbocycles. The van der Waals surface area contributed by atoms with Gasteiger partial charge in [0.15, 0.2) is 0 Å². The standard InChI is InChI=1S/C33H35F7N2/c34-29-8-4-24(5-9-29)25-12-16-42(17-13-25)30-10-6-26(7-11-30)31(14-2-1-3-15-31)22-41-21-23-18-27(32(35,36)37)20-28(19-23)33(38,39)40/h4-11,18-20,25,41H,1-3,12-17,21-22H2. The number of hydrogen-bond acceptors (Lipinski definition) is 2. The minimum absolute atomic E-state index is 0.0394. The Kier molecular flexibility index (Phi) is 8.88. The van der Waals surface area contributed by atoms with Crippen molar-refractivity contribution in [3.05, 3.63) is 100 Å². The van der Waals surface area contributed by atoms with Crippen molar-refractivity contribution < 1.29 is 30.7 Å². The van der Waals surface area contributed by atoms with Crippen LogP contribution in [0.5, 0.6) is 0 Å². The number of nitrogens with one attached hydrogen (secondary N) is 1. The first-order chi connectivity index (χ1) is 19.9. The Hall–Kier alpha value is -3.07. The summed E-state index contributed by atoms with van der Waals surface area (Å²) in [5.41, 5.74) is 0.567. The van der Waals surface area contributed by atoms with Crippen LogP contribution in [0, 0.1) is 5.82 Å². The van der Waals surface area contributed by atoms with Crippen molar-refractivity contribution in [3.63, 3.8) is 0 Å². The summed E-state index contributed by atoms with van der Waals surface area (Å²) in [5, 5.41) is 3.20. The number of nitrogens with zero attached hydrogens (tertiary/aromatic N) is 1. The monoisotopic (exact) mass is 592 g/mol. The Morgan fingerprint density at radius 3 is 1.86 bits per heavy atom. The highest BCUT2D eigenvalue weighted by molar-refractivity contribution is 5.49. The quantitative estimate of drug-likeness (QED) is 0.275. The second-order valence-electron chi connectivity index (χ2n) is 11.7. The van der Waals surface area contributed by atoms with Crippen LogP contribution in [0.2, 0.25) is 0 Å². The number of rotatable bonds is 7. The lowest BCUT2D eigenvalue weighted by atomic mass is 9.69. The van der Waals surface area contributed by atoms with Crippen LogP contribution in [0.3, 0.4) is 0 Å². The van der Waals surface area contributed by atoms with Gasteiger partial charge < -0.3 is 10.2 Å². The third kappa shape index (κ3) is 7.10. The second-order valence-corrected chi connectivity index (χ2v) is 11.7. The fraction of sp³-hybridized carbons (Fsp3) is 0.455. The van der Waals surface area contributed by atoms with Gasteiger partial charge in [-0.1, -0.05) is 43.5 Å². The Morgan fingerprint density at radius 2 is 1.31 bits per heavy atom. The highest BCUT2D eigenvalue weighted by Gasteiger charge is 2.37. The first-order valence-electron chi connectivity index (χ1n) is 14.5. The fourth-order valence-corrected chi connectivity index (χ4v) is 6.60. The largest absolute Gasteiger partial charge is 0.416 e. The summed E-state index contributed by atoms with van der Waals surface area (Å²) in [6.07, 6.45) is -2.83. The molecule has 1 saturated heterocycles. The highest BCUT2D eigenvalue weighted by Crippen LogP contribution is 2.41. The SMILES string of the molecule is Fc1ccc(C2CCN(c3ccc(C4(CNCc5cc(C(F)(F)F)cc(C(F)(F)F)c5)CCCCC4)cc3)CC2)cc1. The molecule has 5 rings (SSSR count). The molecule has 2 fully saturated rings. The molecule has 2 aliphatic rings. The van der Waals surface area contributed by atoms with Gasteiger partial charge in [0.2, 0.25) is 0 Å². The molecule has 1 aliphatic carbocycles. The zero-order chi connectivity index (χ0) is 30.0. The van der Waals surface area contributed by atoms with Crippen LogP contribution < -0.4 is 10.2 Å². The Bertz CT molecular complexity index is 1280. The van der Waals surface area contributed by atoms with Gasteiger partial charge in [0.05, 0.1) is 11.1 Å². The number of anilines is 1. The van der Waals surface area contributed by atoms with Gasteiger partial charge in [0.25, 0.3) is 0 Å². The molecule has 0 amide bonds. The molecule has 1 N–H and O–H groups in total. The van der Waals surface area contributed by atoms with Crippen LogP contribution in [-0.2, 0) is 24.3 Å². The molecule has 0 aromatic heterocycles. The molecule has 0 radical (unpaired) electrons. The first kappa shape index (κ1) is 30.4. The van der Waals surface area contributed by atoms with E-state index < -0.39 is 23.5 Å². The van der Waals surface area contributed by atoms with Crippen molar-refractivity contribution in [2.24, 2.45) is 0 Å². The molecule has 0 atom stereocenters. The van der Waals surface area contributed by atoms with Gasteiger partial charge in [0, 0.05) is 37.3 Å². The molecule has 1 heterocycles. The van der Waals surface area contributed by atoms with E-state index >= 15 is 0 Å². The Morgan fingerprint density at radius 1 is 0.738 bits per heavy atom. The summed E-state index contributed by atoms with van der Waals surface area (Å²) >= 11 is 0. The van der Waals surface area contributed by atoms with E-state index in [1.54, 1.807) is 0 Å². The van der Waals surface area contributed by atoms with Crippen molar-refractivity contribution in [2.45, 2.75) is 75.2 Å². The lowest BCUT2D eigenvalue weighted by molar-refractivity contribution is -0.143. The average molecular weight is 593 g/mol. The molecule has 9 heteroatoms. The van der Waals surface area contributed by atoms with Crippen LogP contribution >= 0.6 is 0 Å². The maximum Gasteiger partial charge on any atom is 0.416 e. The van der Waals surface area contributed by atoms with Gasteiger partial charge in [-0.2, -0.15) is 26.3 Å². The van der Waals surface area contributed by atoms with Crippen molar-refractivity contribution >= 4 is 5.69 Å². The summed E-state index contributed by atoms with van der Waals surface area (Å²) in [5.74, 6) is 0.176. The van der Waals surface area contributed by atoms with Crippen LogP contribution in [0.1, 0.15) is 78.7 Å². The minimum atomic E-state index is -4.86. The van der Waals surface area contributed by atoms with E-state index in [9.17, 15) is 30.7 Å². The summed E-state index contributed by atoms with van der Waals surface area (Å²) in [7, 11) is 0. The van der Waals surface area contributed by atoms with Crippen LogP contribution in [-0.4, -0.2) is 19.6 Å². The summed E-state index contributed by atoms with van der Waals surface area (Å²) < 4.78 is 93.1. The van der Waals surface area contributed by atoms with Gasteiger partial charge in [-0.15, -0.1) is 0 Å². The Labute approximate surface area is 241 Å². The van der Waals surface area contributed by atoms with E-state index in [4.69, 9.17) is 0 Å². The first-order valence-corrected chi connectivity index (χ1v) is 14.5. The Balaban J connectivity index is 1.25. The topological polar surface area (TPSA) is 15.3 Å². The van der Waals surface area contributed by atoms with Crippen molar-refractivity contribution in [1.82, 2.24) is 5.32 Å². The van der Waals surface area contributed by atoms with Crippen LogP contribution in [0.25, 0.3) is 0 Å². The molecule has 42 heavy (non-hydrogen) atoms. The predicted octanol–water partition coefficient (Wildman–Crippen LogP) is 9.24. The zero-order valence-corrected chi connectivity index (χ0v) is 23.3. The molecular formula is C33H35F7N2. The average Bonchev–Trinajstić information content (AvgIpc) is 2.97. The molecule has 0 bridgehead atoms. The molecule has 2 nitrogen and oxygen atoms in total. The van der Waals surface area contributed by atoms with E-state index in [0.717, 1.165) is 87.0 Å². The van der Waals surface area contributed by atoms with Crippen molar-refractivity contribution in [3.8, 4) is 0 Å². The summed E-state index contributed by atoms with van der Waals surface area (Å²) in [6, 6.07) is 17.0. The normalized spacial score (nSPS) is 18.3. The number of benzene rings is 3. The molecule has 226 valence electrons. The van der Waals surface area contributed by atoms with E-state index in [-0.39, 0.29) is 29.4 Å². The van der Waals surface area contributed by atoms with Crippen LogP contribution in [0.4, 0.5) is 36.4 Å². The molecule has 3 aromatic carbocycles. The van der Waals surface area contributed by atoms with Gasteiger partial charge in [-0.25, -0.2) is 4.39 Å². The van der Waals surface area contributed by atoms with Gasteiger partial charge in [-0.3, -0.25) is 0 Å². The number of hydrogen-bond donors (Lipinski definition) is 1. The number of alkyl halides is 6. The van der Waals surface area contributed by atoms with Gasteiger partial charge >= 0.3 is 12.4 Å². The fourth-order valence-electron chi connectivity index (χ4n) is 6.60. The smallest absolute Gasteiger partial charge is 0.371 e. The lowest BCUT2D eigenvalue weighted by Crippen LogP contribution is -2.40. The van der Waals surface area contributed by atoms with E-state index in [2.05, 4.69) is 34.5 Å². The summed E-state index contributed by atoms with van der Waals surface area (Å²) in [6.45, 7) is 2.17. The zero-order valence-electron chi connectivity index (χ0n) is 23.3. The highest BCUT2D eigenvalue weighted by atomic mass is 19.4. The molecular weight excluding hydrogens is 557 g/mol. The van der Waals surface area contributed by atoms with Crippen molar-refractivity contribution in [2.75, 3.05) is 24.5 Å². The van der Waals surface area contributed by atoms with E-state index in [1.807, 2.05) is 12.1 Å². The lowest BCUT2D eigenvalue weighted by Gasteiger charge is -2.39. The minimum Gasteiger partial charge on any atom is -0.371 e. The van der Waals surface area contributed by atoms with Crippen molar-refractivity contribution in [1.29, 1.82) is 0 Å². The summed E-state index contributed by atoms with van der Waals surface area (Å²) in [4.78, 5) is 2.35. The number of piperidine rings is 1. The third-order valence-corrected chi connectivity index (χ3v) is 8.93. The molecule has 3 aromatic rings. The predicted molar refractivity (Wildman–Crippen MR) is 150 cm³/mol. The van der Waals surface area contributed by atoms with Gasteiger partial charge in [0.1, 0.15) is 5.82 Å². The maximum absolute atomic E-state index is 13.3. The molecule has 1 aliphatic heterocycles. The molecule has 0 spiro atoms. The number of halogens is 7. The van der Waals surface area contributed by atoms with E-state index in [1.165, 1.54) is 12.1 Å².